The predicted octanol–water partition coefficient (Wildman–Crippen LogP) is 0.633. The zero-order valence-electron chi connectivity index (χ0n) is 6.75. The Morgan fingerprint density at radius 1 is 1.73 bits per heavy atom. The Morgan fingerprint density at radius 3 is 2.73 bits per heavy atom. The van der Waals surface area contributed by atoms with Crippen LogP contribution in [0.25, 0.3) is 0 Å². The molecule has 3 N–H and O–H groups in total. The van der Waals surface area contributed by atoms with Gasteiger partial charge in [0.1, 0.15) is 6.10 Å². The van der Waals surface area contributed by atoms with E-state index >= 15 is 0 Å². The van der Waals surface area contributed by atoms with Gasteiger partial charge in [0.05, 0.1) is 0 Å². The van der Waals surface area contributed by atoms with Crippen molar-refractivity contribution in [1.29, 1.82) is 0 Å². The molecular formula is C7H15NO3. The zero-order valence-corrected chi connectivity index (χ0v) is 6.75. The lowest BCUT2D eigenvalue weighted by Gasteiger charge is -2.12. The van der Waals surface area contributed by atoms with Crippen LogP contribution in [-0.2, 0) is 4.74 Å². The second-order valence-corrected chi connectivity index (χ2v) is 2.33. The van der Waals surface area contributed by atoms with E-state index < -0.39 is 6.09 Å². The first kappa shape index (κ1) is 10.2. The van der Waals surface area contributed by atoms with Crippen molar-refractivity contribution in [2.24, 2.45) is 5.73 Å². The van der Waals surface area contributed by atoms with Crippen molar-refractivity contribution < 1.29 is 14.6 Å². The largest absolute Gasteiger partial charge is 0.446 e. The molecule has 1 atom stereocenters. The molecule has 0 rings (SSSR count). The summed E-state index contributed by atoms with van der Waals surface area (Å²) in [6.45, 7) is 2.03. The highest BCUT2D eigenvalue weighted by Crippen LogP contribution is 2.05. The van der Waals surface area contributed by atoms with E-state index in [4.69, 9.17) is 15.6 Å². The Morgan fingerprint density at radius 2 is 2.36 bits per heavy atom. The quantitative estimate of drug-likeness (QED) is 0.621. The monoisotopic (exact) mass is 161 g/mol. The Hall–Kier alpha value is -0.770. The molecule has 0 aromatic rings. The lowest BCUT2D eigenvalue weighted by Crippen LogP contribution is -2.22. The molecule has 0 spiro atoms. The fourth-order valence-electron chi connectivity index (χ4n) is 0.830. The van der Waals surface area contributed by atoms with Crippen LogP contribution in [0.5, 0.6) is 0 Å². The van der Waals surface area contributed by atoms with Gasteiger partial charge in [0.2, 0.25) is 0 Å². The number of ether oxygens (including phenoxy) is 1. The van der Waals surface area contributed by atoms with Crippen molar-refractivity contribution in [3.63, 3.8) is 0 Å². The normalized spacial score (nSPS) is 12.5. The molecule has 0 fully saturated rings. The molecule has 0 heterocycles. The molecule has 11 heavy (non-hydrogen) atoms. The van der Waals surface area contributed by atoms with Crippen LogP contribution in [0.1, 0.15) is 26.2 Å². The summed E-state index contributed by atoms with van der Waals surface area (Å²) in [6.07, 6.45) is 1.18. The lowest BCUT2D eigenvalue weighted by molar-refractivity contribution is 0.0932. The van der Waals surface area contributed by atoms with Crippen LogP contribution in [0.3, 0.4) is 0 Å². The van der Waals surface area contributed by atoms with E-state index in [2.05, 4.69) is 0 Å². The number of hydrogen-bond donors (Lipinski definition) is 2. The highest BCUT2D eigenvalue weighted by molar-refractivity contribution is 5.64. The van der Waals surface area contributed by atoms with E-state index in [1.807, 2.05) is 6.92 Å². The number of aliphatic hydroxyl groups is 1. The molecule has 0 aliphatic carbocycles. The molecule has 0 aliphatic rings. The minimum atomic E-state index is -0.741. The summed E-state index contributed by atoms with van der Waals surface area (Å²) in [6, 6.07) is 0. The standard InChI is InChI=1S/C7H15NO3/c1-2-6(4-3-5-9)11-7(8)10/h6,9H,2-5H2,1H3,(H2,8,10). The third-order valence-corrected chi connectivity index (χ3v) is 1.42. The Balaban J connectivity index is 3.49. The Kier molecular flexibility index (Phi) is 5.56. The highest BCUT2D eigenvalue weighted by Gasteiger charge is 2.08. The van der Waals surface area contributed by atoms with Gasteiger partial charge in [0.25, 0.3) is 0 Å². The molecule has 66 valence electrons. The van der Waals surface area contributed by atoms with Crippen LogP contribution in [-0.4, -0.2) is 23.9 Å². The predicted molar refractivity (Wildman–Crippen MR) is 41.1 cm³/mol. The van der Waals surface area contributed by atoms with Crippen molar-refractivity contribution in [3.8, 4) is 0 Å². The number of primary amides is 1. The van der Waals surface area contributed by atoms with Gasteiger partial charge < -0.3 is 15.6 Å². The van der Waals surface area contributed by atoms with Gasteiger partial charge in [-0.2, -0.15) is 0 Å². The van der Waals surface area contributed by atoms with E-state index in [0.717, 1.165) is 6.42 Å². The van der Waals surface area contributed by atoms with E-state index in [-0.39, 0.29) is 12.7 Å². The topological polar surface area (TPSA) is 72.6 Å². The van der Waals surface area contributed by atoms with Gasteiger partial charge in [0, 0.05) is 6.61 Å². The summed E-state index contributed by atoms with van der Waals surface area (Å²) in [5.41, 5.74) is 4.82. The molecular weight excluding hydrogens is 146 g/mol. The first-order valence-electron chi connectivity index (χ1n) is 3.77. The van der Waals surface area contributed by atoms with E-state index in [0.29, 0.717) is 12.8 Å². The minimum Gasteiger partial charge on any atom is -0.446 e. The van der Waals surface area contributed by atoms with E-state index in [1.54, 1.807) is 0 Å². The maximum absolute atomic E-state index is 10.3. The van der Waals surface area contributed by atoms with Gasteiger partial charge in [0.15, 0.2) is 0 Å². The van der Waals surface area contributed by atoms with Crippen molar-refractivity contribution in [1.82, 2.24) is 0 Å². The second kappa shape index (κ2) is 5.97. The molecule has 0 aromatic heterocycles. The van der Waals surface area contributed by atoms with Crippen LogP contribution in [0.15, 0.2) is 0 Å². The number of hydrogen-bond acceptors (Lipinski definition) is 3. The average Bonchev–Trinajstić information content (AvgIpc) is 1.97. The smallest absolute Gasteiger partial charge is 0.404 e. The number of aliphatic hydroxyl groups excluding tert-OH is 1. The molecule has 0 saturated carbocycles. The van der Waals surface area contributed by atoms with Crippen LogP contribution in [0.2, 0.25) is 0 Å². The van der Waals surface area contributed by atoms with Crippen LogP contribution < -0.4 is 5.73 Å². The van der Waals surface area contributed by atoms with Gasteiger partial charge >= 0.3 is 6.09 Å². The van der Waals surface area contributed by atoms with Crippen LogP contribution >= 0.6 is 0 Å². The molecule has 0 aliphatic heterocycles. The van der Waals surface area contributed by atoms with Gasteiger partial charge in [-0.1, -0.05) is 6.92 Å². The molecule has 0 bridgehead atoms. The van der Waals surface area contributed by atoms with Gasteiger partial charge in [-0.25, -0.2) is 4.79 Å². The molecule has 0 saturated heterocycles. The molecule has 0 radical (unpaired) electrons. The molecule has 0 aromatic carbocycles. The number of nitrogens with two attached hydrogens (primary N) is 1. The van der Waals surface area contributed by atoms with Gasteiger partial charge in [-0.15, -0.1) is 0 Å². The number of amides is 1. The zero-order chi connectivity index (χ0) is 8.69. The summed E-state index contributed by atoms with van der Waals surface area (Å²) in [7, 11) is 0. The van der Waals surface area contributed by atoms with Gasteiger partial charge in [-0.3, -0.25) is 0 Å². The summed E-state index contributed by atoms with van der Waals surface area (Å²) >= 11 is 0. The van der Waals surface area contributed by atoms with Crippen molar-refractivity contribution in [2.75, 3.05) is 6.61 Å². The number of carbonyl (C=O) groups is 1. The van der Waals surface area contributed by atoms with E-state index in [1.165, 1.54) is 0 Å². The number of rotatable bonds is 5. The molecule has 4 nitrogen and oxygen atoms in total. The average molecular weight is 161 g/mol. The summed E-state index contributed by atoms with van der Waals surface area (Å²) in [4.78, 5) is 10.3. The first-order chi connectivity index (χ1) is 5.20. The summed E-state index contributed by atoms with van der Waals surface area (Å²) in [5, 5.41) is 8.47. The van der Waals surface area contributed by atoms with Gasteiger partial charge in [-0.05, 0) is 19.3 Å². The number of carbonyl (C=O) groups excluding carboxylic acids is 1. The Labute approximate surface area is 66.3 Å². The van der Waals surface area contributed by atoms with Crippen molar-refractivity contribution >= 4 is 6.09 Å². The first-order valence-corrected chi connectivity index (χ1v) is 3.77. The van der Waals surface area contributed by atoms with E-state index in [9.17, 15) is 4.79 Å². The fourth-order valence-corrected chi connectivity index (χ4v) is 0.830. The minimum absolute atomic E-state index is 0.124. The fraction of sp³-hybridized carbons (Fsp3) is 0.857. The molecule has 1 amide bonds. The van der Waals surface area contributed by atoms with Crippen LogP contribution in [0.4, 0.5) is 4.79 Å². The summed E-state index contributed by atoms with van der Waals surface area (Å²) in [5.74, 6) is 0. The van der Waals surface area contributed by atoms with Crippen molar-refractivity contribution in [3.05, 3.63) is 0 Å². The highest BCUT2D eigenvalue weighted by atomic mass is 16.6. The molecule has 4 heteroatoms. The maximum Gasteiger partial charge on any atom is 0.404 e. The van der Waals surface area contributed by atoms with Crippen LogP contribution in [0, 0.1) is 0 Å². The third kappa shape index (κ3) is 5.66. The summed E-state index contributed by atoms with van der Waals surface area (Å²) < 4.78 is 4.73. The second-order valence-electron chi connectivity index (χ2n) is 2.33. The van der Waals surface area contributed by atoms with Crippen molar-refractivity contribution in [2.45, 2.75) is 32.3 Å². The Bertz CT molecular complexity index is 116. The lowest BCUT2D eigenvalue weighted by atomic mass is 10.1. The molecule has 1 unspecified atom stereocenters. The maximum atomic E-state index is 10.3. The SMILES string of the molecule is CCC(CCCO)OC(N)=O. The third-order valence-electron chi connectivity index (χ3n) is 1.42.